The molecule has 0 radical (unpaired) electrons. The molecule has 1 aliphatic carbocycles. The minimum Gasteiger partial charge on any atom is -0.465 e. The Hall–Kier alpha value is -1.32. The molecule has 0 aliphatic heterocycles. The first kappa shape index (κ1) is 29.7. The second-order valence-corrected chi connectivity index (χ2v) is 10.3. The van der Waals surface area contributed by atoms with Crippen molar-refractivity contribution in [1.29, 1.82) is 0 Å². The SMILES string of the molecule is C=C(C)C(=O)OCCCCCCOC(=O)C(CCC)CCCC1CCC(CCCCC)CC1. The van der Waals surface area contributed by atoms with Gasteiger partial charge >= 0.3 is 11.9 Å². The van der Waals surface area contributed by atoms with Gasteiger partial charge < -0.3 is 9.47 Å². The van der Waals surface area contributed by atoms with Crippen molar-refractivity contribution in [2.24, 2.45) is 17.8 Å². The van der Waals surface area contributed by atoms with E-state index < -0.39 is 0 Å². The average Bonchev–Trinajstić information content (AvgIpc) is 2.81. The van der Waals surface area contributed by atoms with Crippen molar-refractivity contribution in [2.75, 3.05) is 13.2 Å². The topological polar surface area (TPSA) is 52.6 Å². The van der Waals surface area contributed by atoms with Gasteiger partial charge in [0.25, 0.3) is 0 Å². The molecule has 1 rings (SSSR count). The predicted molar refractivity (Wildman–Crippen MR) is 137 cm³/mol. The van der Waals surface area contributed by atoms with Crippen LogP contribution in [-0.4, -0.2) is 25.2 Å². The highest BCUT2D eigenvalue weighted by Gasteiger charge is 2.23. The first-order valence-corrected chi connectivity index (χ1v) is 14.0. The summed E-state index contributed by atoms with van der Waals surface area (Å²) in [6, 6.07) is 0. The second kappa shape index (κ2) is 19.0. The molecule has 1 unspecified atom stereocenters. The summed E-state index contributed by atoms with van der Waals surface area (Å²) in [5.74, 6) is 1.61. The zero-order valence-corrected chi connectivity index (χ0v) is 22.0. The van der Waals surface area contributed by atoms with Gasteiger partial charge in [-0.1, -0.05) is 91.1 Å². The highest BCUT2D eigenvalue weighted by atomic mass is 16.5. The number of unbranched alkanes of at least 4 members (excludes halogenated alkanes) is 5. The van der Waals surface area contributed by atoms with E-state index >= 15 is 0 Å². The lowest BCUT2D eigenvalue weighted by molar-refractivity contribution is -0.149. The minimum atomic E-state index is -0.319. The van der Waals surface area contributed by atoms with Crippen molar-refractivity contribution < 1.29 is 19.1 Å². The molecule has 192 valence electrons. The van der Waals surface area contributed by atoms with Gasteiger partial charge in [0, 0.05) is 5.57 Å². The molecule has 33 heavy (non-hydrogen) atoms. The highest BCUT2D eigenvalue weighted by Crippen LogP contribution is 2.35. The van der Waals surface area contributed by atoms with Gasteiger partial charge in [-0.2, -0.15) is 0 Å². The summed E-state index contributed by atoms with van der Waals surface area (Å²) in [6.45, 7) is 10.6. The van der Waals surface area contributed by atoms with E-state index in [0.29, 0.717) is 18.8 Å². The zero-order chi connectivity index (χ0) is 24.3. The molecule has 0 N–H and O–H groups in total. The molecule has 0 spiro atoms. The smallest absolute Gasteiger partial charge is 0.333 e. The fraction of sp³-hybridized carbons (Fsp3) is 0.862. The molecule has 0 bridgehead atoms. The third kappa shape index (κ3) is 14.5. The maximum atomic E-state index is 12.6. The fourth-order valence-corrected chi connectivity index (χ4v) is 5.01. The van der Waals surface area contributed by atoms with Crippen LogP contribution >= 0.6 is 0 Å². The monoisotopic (exact) mass is 464 g/mol. The molecule has 0 amide bonds. The lowest BCUT2D eigenvalue weighted by atomic mass is 9.77. The van der Waals surface area contributed by atoms with E-state index in [1.807, 2.05) is 0 Å². The van der Waals surface area contributed by atoms with Crippen LogP contribution in [0.25, 0.3) is 0 Å². The Bertz CT molecular complexity index is 534. The Morgan fingerprint density at radius 1 is 0.758 bits per heavy atom. The minimum absolute atomic E-state index is 0.00636. The molecule has 1 atom stereocenters. The number of hydrogen-bond acceptors (Lipinski definition) is 4. The van der Waals surface area contributed by atoms with Gasteiger partial charge in [0.05, 0.1) is 19.1 Å². The molecule has 0 aromatic rings. The van der Waals surface area contributed by atoms with Crippen molar-refractivity contribution in [3.8, 4) is 0 Å². The van der Waals surface area contributed by atoms with Crippen LogP contribution in [0, 0.1) is 17.8 Å². The molecular formula is C29H52O4. The molecule has 1 fully saturated rings. The number of carbonyl (C=O) groups is 2. The van der Waals surface area contributed by atoms with Crippen LogP contribution in [0.2, 0.25) is 0 Å². The van der Waals surface area contributed by atoms with E-state index in [-0.39, 0.29) is 17.9 Å². The van der Waals surface area contributed by atoms with E-state index in [0.717, 1.165) is 63.2 Å². The maximum absolute atomic E-state index is 12.6. The zero-order valence-electron chi connectivity index (χ0n) is 22.0. The van der Waals surface area contributed by atoms with Crippen LogP contribution in [0.4, 0.5) is 0 Å². The van der Waals surface area contributed by atoms with Crippen molar-refractivity contribution in [2.45, 2.75) is 130 Å². The molecule has 1 aliphatic rings. The molecular weight excluding hydrogens is 412 g/mol. The van der Waals surface area contributed by atoms with E-state index in [1.165, 1.54) is 57.8 Å². The van der Waals surface area contributed by atoms with Crippen LogP contribution < -0.4 is 0 Å². The Morgan fingerprint density at radius 2 is 1.33 bits per heavy atom. The van der Waals surface area contributed by atoms with Gasteiger partial charge in [0.1, 0.15) is 0 Å². The summed E-state index contributed by atoms with van der Waals surface area (Å²) in [5, 5.41) is 0. The van der Waals surface area contributed by atoms with E-state index in [9.17, 15) is 9.59 Å². The molecule has 0 heterocycles. The Labute approximate surface area is 204 Å². The van der Waals surface area contributed by atoms with Crippen LogP contribution in [0.5, 0.6) is 0 Å². The highest BCUT2D eigenvalue weighted by molar-refractivity contribution is 5.86. The number of esters is 2. The summed E-state index contributed by atoms with van der Waals surface area (Å²) in [4.78, 5) is 23.9. The van der Waals surface area contributed by atoms with E-state index in [1.54, 1.807) is 6.92 Å². The van der Waals surface area contributed by atoms with Crippen molar-refractivity contribution >= 4 is 11.9 Å². The fourth-order valence-electron chi connectivity index (χ4n) is 5.01. The van der Waals surface area contributed by atoms with Gasteiger partial charge in [-0.3, -0.25) is 4.79 Å². The molecule has 1 saturated carbocycles. The van der Waals surface area contributed by atoms with Crippen molar-refractivity contribution in [3.63, 3.8) is 0 Å². The first-order chi connectivity index (χ1) is 16.0. The van der Waals surface area contributed by atoms with Gasteiger partial charge in [0.2, 0.25) is 0 Å². The number of rotatable bonds is 19. The largest absolute Gasteiger partial charge is 0.465 e. The molecule has 0 saturated heterocycles. The molecule has 4 heteroatoms. The standard InChI is InChI=1S/C29H52O4/c1-5-7-10-15-25-18-20-26(21-19-25)16-13-17-27(14-6-2)29(31)33-23-12-9-8-11-22-32-28(30)24(3)4/h25-27H,3,5-23H2,1-2,4H3. The van der Waals surface area contributed by atoms with Crippen LogP contribution in [0.1, 0.15) is 130 Å². The van der Waals surface area contributed by atoms with Crippen molar-refractivity contribution in [1.82, 2.24) is 0 Å². The van der Waals surface area contributed by atoms with Crippen LogP contribution in [-0.2, 0) is 19.1 Å². The molecule has 0 aromatic carbocycles. The Kier molecular flexibility index (Phi) is 17.1. The molecule has 4 nitrogen and oxygen atoms in total. The maximum Gasteiger partial charge on any atom is 0.333 e. The average molecular weight is 465 g/mol. The van der Waals surface area contributed by atoms with Gasteiger partial charge in [-0.25, -0.2) is 4.79 Å². The summed E-state index contributed by atoms with van der Waals surface area (Å²) < 4.78 is 10.7. The van der Waals surface area contributed by atoms with Gasteiger partial charge in [-0.05, 0) is 57.3 Å². The number of carbonyl (C=O) groups excluding carboxylic acids is 2. The normalized spacial score (nSPS) is 19.1. The summed E-state index contributed by atoms with van der Waals surface area (Å²) >= 11 is 0. The summed E-state index contributed by atoms with van der Waals surface area (Å²) in [5.41, 5.74) is 0.439. The quantitative estimate of drug-likeness (QED) is 0.110. The Balaban J connectivity index is 2.11. The summed E-state index contributed by atoms with van der Waals surface area (Å²) in [7, 11) is 0. The lowest BCUT2D eigenvalue weighted by Crippen LogP contribution is -2.19. The first-order valence-electron chi connectivity index (χ1n) is 14.0. The lowest BCUT2D eigenvalue weighted by Gasteiger charge is -2.29. The van der Waals surface area contributed by atoms with E-state index in [4.69, 9.17) is 9.47 Å². The third-order valence-corrected chi connectivity index (χ3v) is 7.18. The second-order valence-electron chi connectivity index (χ2n) is 10.3. The van der Waals surface area contributed by atoms with Gasteiger partial charge in [-0.15, -0.1) is 0 Å². The van der Waals surface area contributed by atoms with E-state index in [2.05, 4.69) is 20.4 Å². The number of ether oxygens (including phenoxy) is 2. The van der Waals surface area contributed by atoms with Gasteiger partial charge in [0.15, 0.2) is 0 Å². The number of hydrogen-bond donors (Lipinski definition) is 0. The predicted octanol–water partition coefficient (Wildman–Crippen LogP) is 8.18. The molecule has 0 aromatic heterocycles. The van der Waals surface area contributed by atoms with Crippen molar-refractivity contribution in [3.05, 3.63) is 12.2 Å². The third-order valence-electron chi connectivity index (χ3n) is 7.18. The van der Waals surface area contributed by atoms with Crippen LogP contribution in [0.15, 0.2) is 12.2 Å². The van der Waals surface area contributed by atoms with Crippen LogP contribution in [0.3, 0.4) is 0 Å². The summed E-state index contributed by atoms with van der Waals surface area (Å²) in [6.07, 6.45) is 20.3. The Morgan fingerprint density at radius 3 is 1.88 bits per heavy atom.